The van der Waals surface area contributed by atoms with Crippen molar-refractivity contribution in [3.63, 3.8) is 0 Å². The van der Waals surface area contributed by atoms with E-state index in [0.29, 0.717) is 5.76 Å². The second-order valence-electron chi connectivity index (χ2n) is 4.09. The average molecular weight is 370 g/mol. The third-order valence-corrected chi connectivity index (χ3v) is 4.06. The van der Waals surface area contributed by atoms with Crippen molar-refractivity contribution in [2.24, 2.45) is 0 Å². The van der Waals surface area contributed by atoms with Crippen molar-refractivity contribution in [3.05, 3.63) is 52.4 Å². The molecule has 0 aliphatic rings. The van der Waals surface area contributed by atoms with Crippen molar-refractivity contribution in [2.75, 3.05) is 5.75 Å². The Balaban J connectivity index is 1.76. The molecule has 5 nitrogen and oxygen atoms in total. The lowest BCUT2D eigenvalue weighted by atomic mass is 10.4. The quantitative estimate of drug-likeness (QED) is 0.764. The van der Waals surface area contributed by atoms with E-state index >= 15 is 0 Å². The van der Waals surface area contributed by atoms with Gasteiger partial charge in [0.05, 0.1) is 12.3 Å². The van der Waals surface area contributed by atoms with Gasteiger partial charge in [0.25, 0.3) is 0 Å². The van der Waals surface area contributed by atoms with Gasteiger partial charge in [-0.3, -0.25) is 4.79 Å². The summed E-state index contributed by atoms with van der Waals surface area (Å²) < 4.78 is 6.03. The normalized spacial score (nSPS) is 10.3. The third-order valence-electron chi connectivity index (χ3n) is 2.52. The fourth-order valence-electron chi connectivity index (χ4n) is 1.50. The van der Waals surface area contributed by atoms with Crippen LogP contribution in [0, 0.1) is 0 Å². The van der Waals surface area contributed by atoms with E-state index in [1.807, 2.05) is 24.3 Å². The molecule has 0 fully saturated rings. The zero-order valence-electron chi connectivity index (χ0n) is 10.8. The standard InChI is InChI=1S/C14H12BrNO4S/c15-9-1-4-11(5-2-9)21-8-13(17)16-7-10-3-6-12(20-10)14(18)19/h1-6H,7-8H2,(H,16,17)(H,18,19). The molecule has 0 atom stereocenters. The predicted molar refractivity (Wildman–Crippen MR) is 82.4 cm³/mol. The summed E-state index contributed by atoms with van der Waals surface area (Å²) in [6, 6.07) is 10.6. The van der Waals surface area contributed by atoms with Crippen LogP contribution in [0.3, 0.4) is 0 Å². The summed E-state index contributed by atoms with van der Waals surface area (Å²) in [4.78, 5) is 23.3. The van der Waals surface area contributed by atoms with Crippen molar-refractivity contribution in [1.82, 2.24) is 5.32 Å². The largest absolute Gasteiger partial charge is 0.475 e. The predicted octanol–water partition coefficient (Wildman–Crippen LogP) is 3.15. The molecule has 0 unspecified atom stereocenters. The number of rotatable bonds is 6. The Morgan fingerprint density at radius 2 is 1.90 bits per heavy atom. The first-order valence-electron chi connectivity index (χ1n) is 6.01. The highest BCUT2D eigenvalue weighted by Gasteiger charge is 2.09. The maximum Gasteiger partial charge on any atom is 0.371 e. The van der Waals surface area contributed by atoms with Gasteiger partial charge < -0.3 is 14.8 Å². The van der Waals surface area contributed by atoms with Gasteiger partial charge in [0.1, 0.15) is 5.76 Å². The van der Waals surface area contributed by atoms with Crippen LogP contribution in [-0.4, -0.2) is 22.7 Å². The average Bonchev–Trinajstić information content (AvgIpc) is 2.93. The lowest BCUT2D eigenvalue weighted by molar-refractivity contribution is -0.118. The van der Waals surface area contributed by atoms with Crippen LogP contribution in [0.15, 0.2) is 50.2 Å². The molecule has 110 valence electrons. The van der Waals surface area contributed by atoms with Crippen LogP contribution in [0.4, 0.5) is 0 Å². The van der Waals surface area contributed by atoms with Gasteiger partial charge in [-0.05, 0) is 36.4 Å². The van der Waals surface area contributed by atoms with E-state index in [9.17, 15) is 9.59 Å². The molecule has 1 heterocycles. The topological polar surface area (TPSA) is 79.5 Å². The Morgan fingerprint density at radius 1 is 1.19 bits per heavy atom. The molecular formula is C14H12BrNO4S. The molecule has 21 heavy (non-hydrogen) atoms. The Kier molecular flexibility index (Phi) is 5.46. The molecule has 0 aliphatic carbocycles. The fourth-order valence-corrected chi connectivity index (χ4v) is 2.50. The molecule has 1 aromatic heterocycles. The van der Waals surface area contributed by atoms with Crippen LogP contribution in [0.1, 0.15) is 16.3 Å². The van der Waals surface area contributed by atoms with E-state index in [0.717, 1.165) is 9.37 Å². The zero-order valence-corrected chi connectivity index (χ0v) is 13.2. The number of nitrogens with one attached hydrogen (secondary N) is 1. The summed E-state index contributed by atoms with van der Waals surface area (Å²) in [5, 5.41) is 11.4. The number of halogens is 1. The number of carbonyl (C=O) groups excluding carboxylic acids is 1. The van der Waals surface area contributed by atoms with Crippen molar-refractivity contribution >= 4 is 39.6 Å². The van der Waals surface area contributed by atoms with E-state index in [-0.39, 0.29) is 24.0 Å². The number of thioether (sulfide) groups is 1. The van der Waals surface area contributed by atoms with E-state index in [4.69, 9.17) is 9.52 Å². The SMILES string of the molecule is O=C(CSc1ccc(Br)cc1)NCc1ccc(C(=O)O)o1. The van der Waals surface area contributed by atoms with E-state index in [2.05, 4.69) is 21.2 Å². The van der Waals surface area contributed by atoms with Crippen LogP contribution in [0.25, 0.3) is 0 Å². The molecule has 1 aromatic carbocycles. The van der Waals surface area contributed by atoms with Crippen LogP contribution in [0.2, 0.25) is 0 Å². The Hall–Kier alpha value is -1.73. The summed E-state index contributed by atoms with van der Waals surface area (Å²) in [6.45, 7) is 0.174. The molecule has 2 rings (SSSR count). The third kappa shape index (κ3) is 4.95. The summed E-state index contributed by atoms with van der Waals surface area (Å²) in [7, 11) is 0. The molecule has 0 saturated carbocycles. The molecule has 0 aliphatic heterocycles. The summed E-state index contributed by atoms with van der Waals surface area (Å²) >= 11 is 4.77. The van der Waals surface area contributed by atoms with Crippen LogP contribution in [-0.2, 0) is 11.3 Å². The zero-order chi connectivity index (χ0) is 15.2. The number of furan rings is 1. The first-order chi connectivity index (χ1) is 10.0. The highest BCUT2D eigenvalue weighted by Crippen LogP contribution is 2.20. The number of aromatic carboxylic acids is 1. The minimum Gasteiger partial charge on any atom is -0.475 e. The fraction of sp³-hybridized carbons (Fsp3) is 0.143. The number of carboxylic acid groups (broad SMARTS) is 1. The second kappa shape index (κ2) is 7.33. The summed E-state index contributed by atoms with van der Waals surface area (Å²) in [5.41, 5.74) is 0. The number of hydrogen-bond acceptors (Lipinski definition) is 4. The van der Waals surface area contributed by atoms with Crippen molar-refractivity contribution in [2.45, 2.75) is 11.4 Å². The molecule has 2 aromatic rings. The molecular weight excluding hydrogens is 358 g/mol. The second-order valence-corrected chi connectivity index (χ2v) is 6.05. The van der Waals surface area contributed by atoms with Gasteiger partial charge in [-0.1, -0.05) is 15.9 Å². The number of carboxylic acids is 1. The Morgan fingerprint density at radius 3 is 2.52 bits per heavy atom. The Bertz CT molecular complexity index is 639. The first-order valence-corrected chi connectivity index (χ1v) is 7.79. The maximum absolute atomic E-state index is 11.7. The van der Waals surface area contributed by atoms with Crippen LogP contribution in [0.5, 0.6) is 0 Å². The van der Waals surface area contributed by atoms with Gasteiger partial charge in [0.15, 0.2) is 0 Å². The van der Waals surface area contributed by atoms with Gasteiger partial charge in [-0.25, -0.2) is 4.79 Å². The lowest BCUT2D eigenvalue weighted by Crippen LogP contribution is -2.24. The number of carbonyl (C=O) groups is 2. The molecule has 1 amide bonds. The molecule has 0 spiro atoms. The maximum atomic E-state index is 11.7. The van der Waals surface area contributed by atoms with Crippen molar-refractivity contribution in [1.29, 1.82) is 0 Å². The van der Waals surface area contributed by atoms with E-state index in [1.165, 1.54) is 23.9 Å². The van der Waals surface area contributed by atoms with E-state index in [1.54, 1.807) is 0 Å². The van der Waals surface area contributed by atoms with Gasteiger partial charge >= 0.3 is 5.97 Å². The molecule has 2 N–H and O–H groups in total. The summed E-state index contributed by atoms with van der Waals surface area (Å²) in [6.07, 6.45) is 0. The number of hydrogen-bond donors (Lipinski definition) is 2. The van der Waals surface area contributed by atoms with E-state index < -0.39 is 5.97 Å². The van der Waals surface area contributed by atoms with Gasteiger partial charge in [-0.15, -0.1) is 11.8 Å². The lowest BCUT2D eigenvalue weighted by Gasteiger charge is -2.03. The summed E-state index contributed by atoms with van der Waals surface area (Å²) in [5.74, 6) is -0.707. The minimum atomic E-state index is -1.13. The molecule has 0 saturated heterocycles. The van der Waals surface area contributed by atoms with Gasteiger partial charge in [0.2, 0.25) is 11.7 Å². The van der Waals surface area contributed by atoms with Crippen LogP contribution < -0.4 is 5.32 Å². The first kappa shape index (κ1) is 15.7. The minimum absolute atomic E-state index is 0.136. The number of amides is 1. The van der Waals surface area contributed by atoms with Crippen molar-refractivity contribution < 1.29 is 19.1 Å². The monoisotopic (exact) mass is 369 g/mol. The molecule has 7 heteroatoms. The Labute approximate surface area is 133 Å². The van der Waals surface area contributed by atoms with Gasteiger partial charge in [-0.2, -0.15) is 0 Å². The number of benzene rings is 1. The highest BCUT2D eigenvalue weighted by atomic mass is 79.9. The highest BCUT2D eigenvalue weighted by molar-refractivity contribution is 9.10. The van der Waals surface area contributed by atoms with Gasteiger partial charge in [0, 0.05) is 9.37 Å². The smallest absolute Gasteiger partial charge is 0.371 e. The molecule has 0 radical (unpaired) electrons. The van der Waals surface area contributed by atoms with Crippen molar-refractivity contribution in [3.8, 4) is 0 Å². The van der Waals surface area contributed by atoms with Crippen LogP contribution >= 0.6 is 27.7 Å². The molecule has 0 bridgehead atoms.